The largest absolute Gasteiger partial charge is 0.243 e. The summed E-state index contributed by atoms with van der Waals surface area (Å²) in [5.41, 5.74) is 0. The highest BCUT2D eigenvalue weighted by Crippen LogP contribution is 2.27. The number of nitrogens with zero attached hydrogens (tertiary/aromatic N) is 1. The molecule has 0 heterocycles. The highest BCUT2D eigenvalue weighted by Gasteiger charge is 2.22. The molecule has 3 nitrogen and oxygen atoms in total. The van der Waals surface area contributed by atoms with E-state index in [9.17, 15) is 8.42 Å². The van der Waals surface area contributed by atoms with Crippen molar-refractivity contribution in [3.63, 3.8) is 0 Å². The molecule has 0 unspecified atom stereocenters. The van der Waals surface area contributed by atoms with Crippen molar-refractivity contribution in [1.82, 2.24) is 4.31 Å². The Hall–Kier alpha value is 0.0900. The zero-order chi connectivity index (χ0) is 13.1. The normalized spacial score (nSPS) is 12.1. The number of hydrogen-bond donors (Lipinski definition) is 0. The van der Waals surface area contributed by atoms with Gasteiger partial charge in [0.15, 0.2) is 0 Å². The van der Waals surface area contributed by atoms with Crippen LogP contribution < -0.4 is 0 Å². The fourth-order valence-corrected chi connectivity index (χ4v) is 4.26. The molecular formula is C11H15Br2NO2S. The van der Waals surface area contributed by atoms with Gasteiger partial charge in [0.05, 0.1) is 4.90 Å². The van der Waals surface area contributed by atoms with Gasteiger partial charge in [-0.2, -0.15) is 0 Å². The van der Waals surface area contributed by atoms with Crippen LogP contribution in [0.1, 0.15) is 19.8 Å². The zero-order valence-electron chi connectivity index (χ0n) is 9.78. The molecule has 6 heteroatoms. The van der Waals surface area contributed by atoms with Gasteiger partial charge < -0.3 is 0 Å². The van der Waals surface area contributed by atoms with Gasteiger partial charge in [0.25, 0.3) is 0 Å². The summed E-state index contributed by atoms with van der Waals surface area (Å²) in [4.78, 5) is 0.305. The van der Waals surface area contributed by atoms with Crippen LogP contribution in [0.2, 0.25) is 0 Å². The molecule has 0 N–H and O–H groups in total. The van der Waals surface area contributed by atoms with Crippen molar-refractivity contribution in [2.75, 3.05) is 13.6 Å². The number of benzene rings is 1. The average Bonchev–Trinajstić information content (AvgIpc) is 2.25. The fourth-order valence-electron chi connectivity index (χ4n) is 1.35. The van der Waals surface area contributed by atoms with Gasteiger partial charge in [-0.1, -0.05) is 29.3 Å². The molecule has 0 saturated carbocycles. The molecule has 1 aromatic carbocycles. The Kier molecular flexibility index (Phi) is 5.63. The summed E-state index contributed by atoms with van der Waals surface area (Å²) in [6.45, 7) is 2.58. The first-order valence-corrected chi connectivity index (χ1v) is 8.33. The molecule has 0 atom stereocenters. The highest BCUT2D eigenvalue weighted by atomic mass is 79.9. The summed E-state index contributed by atoms with van der Waals surface area (Å²) in [7, 11) is -1.78. The maximum absolute atomic E-state index is 12.3. The van der Waals surface area contributed by atoms with Gasteiger partial charge in [-0.3, -0.25) is 0 Å². The van der Waals surface area contributed by atoms with Gasteiger partial charge in [-0.25, -0.2) is 12.7 Å². The van der Waals surface area contributed by atoms with E-state index >= 15 is 0 Å². The minimum absolute atomic E-state index is 0.305. The summed E-state index contributed by atoms with van der Waals surface area (Å²) in [6.07, 6.45) is 1.84. The number of halogens is 2. The summed E-state index contributed by atoms with van der Waals surface area (Å²) < 4.78 is 27.3. The number of unbranched alkanes of at least 4 members (excludes halogenated alkanes) is 1. The molecule has 0 aliphatic heterocycles. The third-order valence-electron chi connectivity index (χ3n) is 2.41. The lowest BCUT2D eigenvalue weighted by atomic mass is 10.3. The maximum Gasteiger partial charge on any atom is 0.243 e. The lowest BCUT2D eigenvalue weighted by molar-refractivity contribution is 0.459. The van der Waals surface area contributed by atoms with E-state index in [1.807, 2.05) is 6.92 Å². The predicted octanol–water partition coefficient (Wildman–Crippen LogP) is 3.63. The molecule has 0 bridgehead atoms. The topological polar surface area (TPSA) is 37.4 Å². The van der Waals surface area contributed by atoms with Crippen molar-refractivity contribution in [3.05, 3.63) is 27.1 Å². The van der Waals surface area contributed by atoms with E-state index in [4.69, 9.17) is 0 Å². The fraction of sp³-hybridized carbons (Fsp3) is 0.455. The van der Waals surface area contributed by atoms with E-state index in [0.717, 1.165) is 17.3 Å². The van der Waals surface area contributed by atoms with E-state index in [-0.39, 0.29) is 0 Å². The van der Waals surface area contributed by atoms with Gasteiger partial charge in [0, 0.05) is 22.5 Å². The minimum Gasteiger partial charge on any atom is -0.207 e. The van der Waals surface area contributed by atoms with E-state index in [1.165, 1.54) is 4.31 Å². The lowest BCUT2D eigenvalue weighted by Gasteiger charge is -2.17. The maximum atomic E-state index is 12.3. The van der Waals surface area contributed by atoms with E-state index < -0.39 is 10.0 Å². The number of rotatable bonds is 5. The second kappa shape index (κ2) is 6.31. The summed E-state index contributed by atoms with van der Waals surface area (Å²) in [6, 6.07) is 5.07. The first-order valence-electron chi connectivity index (χ1n) is 5.31. The van der Waals surface area contributed by atoms with Crippen molar-refractivity contribution in [3.8, 4) is 0 Å². The van der Waals surface area contributed by atoms with Gasteiger partial charge in [0.1, 0.15) is 0 Å². The molecule has 0 spiro atoms. The quantitative estimate of drug-likeness (QED) is 0.777. The molecule has 1 rings (SSSR count). The molecule has 0 fully saturated rings. The Morgan fingerprint density at radius 1 is 1.29 bits per heavy atom. The minimum atomic E-state index is -3.39. The van der Waals surface area contributed by atoms with Gasteiger partial charge in [0.2, 0.25) is 10.0 Å². The van der Waals surface area contributed by atoms with Gasteiger partial charge >= 0.3 is 0 Å². The van der Waals surface area contributed by atoms with E-state index in [0.29, 0.717) is 15.9 Å². The summed E-state index contributed by atoms with van der Waals surface area (Å²) in [5, 5.41) is 0. The van der Waals surface area contributed by atoms with Gasteiger partial charge in [-0.15, -0.1) is 0 Å². The molecule has 0 amide bonds. The van der Waals surface area contributed by atoms with Crippen LogP contribution in [0.5, 0.6) is 0 Å². The van der Waals surface area contributed by atoms with Crippen molar-refractivity contribution in [2.24, 2.45) is 0 Å². The van der Waals surface area contributed by atoms with Crippen molar-refractivity contribution >= 4 is 41.9 Å². The highest BCUT2D eigenvalue weighted by molar-refractivity contribution is 9.11. The molecule has 96 valence electrons. The molecule has 0 radical (unpaired) electrons. The first-order chi connectivity index (χ1) is 7.89. The van der Waals surface area contributed by atoms with Crippen LogP contribution in [0.25, 0.3) is 0 Å². The molecule has 0 aromatic heterocycles. The van der Waals surface area contributed by atoms with Crippen LogP contribution >= 0.6 is 31.9 Å². The summed E-state index contributed by atoms with van der Waals surface area (Å²) >= 11 is 6.59. The second-order valence-corrected chi connectivity index (χ2v) is 7.54. The second-order valence-electron chi connectivity index (χ2n) is 3.75. The molecule has 1 aromatic rings. The van der Waals surface area contributed by atoms with Crippen LogP contribution in [0.4, 0.5) is 0 Å². The standard InChI is InChI=1S/C11H15Br2NO2S/c1-3-4-7-14(2)17(15,16)11-6-5-9(12)8-10(11)13/h5-6,8H,3-4,7H2,1-2H3. The van der Waals surface area contributed by atoms with Crippen molar-refractivity contribution in [2.45, 2.75) is 24.7 Å². The summed E-state index contributed by atoms with van der Waals surface area (Å²) in [5.74, 6) is 0. The molecular weight excluding hydrogens is 370 g/mol. The van der Waals surface area contributed by atoms with Crippen LogP contribution in [0.3, 0.4) is 0 Å². The smallest absolute Gasteiger partial charge is 0.207 e. The van der Waals surface area contributed by atoms with Crippen molar-refractivity contribution in [1.29, 1.82) is 0 Å². The molecule has 0 aliphatic carbocycles. The van der Waals surface area contributed by atoms with E-state index in [1.54, 1.807) is 25.2 Å². The number of sulfonamides is 1. The lowest BCUT2D eigenvalue weighted by Crippen LogP contribution is -2.28. The van der Waals surface area contributed by atoms with E-state index in [2.05, 4.69) is 31.9 Å². The Morgan fingerprint density at radius 2 is 1.94 bits per heavy atom. The molecule has 17 heavy (non-hydrogen) atoms. The van der Waals surface area contributed by atoms with Gasteiger partial charge in [-0.05, 0) is 40.5 Å². The third kappa shape index (κ3) is 3.77. The average molecular weight is 385 g/mol. The molecule has 0 saturated heterocycles. The first kappa shape index (κ1) is 15.1. The Balaban J connectivity index is 3.04. The van der Waals surface area contributed by atoms with Crippen LogP contribution in [0, 0.1) is 0 Å². The Bertz CT molecular complexity index is 488. The monoisotopic (exact) mass is 383 g/mol. The molecule has 0 aliphatic rings. The van der Waals surface area contributed by atoms with Crippen LogP contribution in [0.15, 0.2) is 32.0 Å². The van der Waals surface area contributed by atoms with Crippen LogP contribution in [-0.2, 0) is 10.0 Å². The predicted molar refractivity (Wildman–Crippen MR) is 76.6 cm³/mol. The third-order valence-corrected chi connectivity index (χ3v) is 5.74. The Morgan fingerprint density at radius 3 is 2.47 bits per heavy atom. The van der Waals surface area contributed by atoms with Crippen molar-refractivity contribution < 1.29 is 8.42 Å². The van der Waals surface area contributed by atoms with Crippen LogP contribution in [-0.4, -0.2) is 26.3 Å². The number of hydrogen-bond acceptors (Lipinski definition) is 2. The Labute approximate surface area is 120 Å². The SMILES string of the molecule is CCCCN(C)S(=O)(=O)c1ccc(Br)cc1Br. The zero-order valence-corrected chi connectivity index (χ0v) is 13.8.